The van der Waals surface area contributed by atoms with Crippen molar-refractivity contribution in [3.8, 4) is 11.6 Å². The molecule has 3 rings (SSSR count). The van der Waals surface area contributed by atoms with E-state index in [9.17, 15) is 4.79 Å². The topological polar surface area (TPSA) is 76.2 Å². The van der Waals surface area contributed by atoms with Crippen molar-refractivity contribution in [2.45, 2.75) is 50.9 Å². The molecule has 1 fully saturated rings. The summed E-state index contributed by atoms with van der Waals surface area (Å²) in [6.45, 7) is 8.26. The van der Waals surface area contributed by atoms with Crippen molar-refractivity contribution in [3.63, 3.8) is 0 Å². The fourth-order valence-corrected chi connectivity index (χ4v) is 4.10. The standard InChI is InChI=1S/C18H27N5O2S/c1-3-9-22-10-7-14(8-11-22)19-16(24)13-26-18-21-20-17(23(18)4-2)15-6-5-12-25-15/h5-6,12,14H,3-4,7-11,13H2,1-2H3,(H,19,24). The van der Waals surface area contributed by atoms with E-state index < -0.39 is 0 Å². The van der Waals surface area contributed by atoms with Crippen LogP contribution < -0.4 is 5.32 Å². The van der Waals surface area contributed by atoms with E-state index in [0.717, 1.165) is 44.2 Å². The maximum atomic E-state index is 12.3. The number of rotatable bonds is 8. The SMILES string of the molecule is CCCN1CCC(NC(=O)CSc2nnc(-c3ccco3)n2CC)CC1. The van der Waals surface area contributed by atoms with Crippen molar-refractivity contribution >= 4 is 17.7 Å². The molecule has 0 atom stereocenters. The summed E-state index contributed by atoms with van der Waals surface area (Å²) in [5, 5.41) is 12.3. The number of aromatic nitrogens is 3. The highest BCUT2D eigenvalue weighted by Gasteiger charge is 2.21. The number of likely N-dealkylation sites (tertiary alicyclic amines) is 1. The van der Waals surface area contributed by atoms with Crippen LogP contribution in [0.25, 0.3) is 11.6 Å². The van der Waals surface area contributed by atoms with Crippen LogP contribution in [-0.4, -0.2) is 57.0 Å². The molecule has 1 N–H and O–H groups in total. The number of furan rings is 1. The Morgan fingerprint density at radius 2 is 2.15 bits per heavy atom. The number of carbonyl (C=O) groups is 1. The van der Waals surface area contributed by atoms with Gasteiger partial charge in [-0.05, 0) is 44.9 Å². The van der Waals surface area contributed by atoms with Gasteiger partial charge in [0, 0.05) is 25.7 Å². The van der Waals surface area contributed by atoms with Crippen LogP contribution in [0.15, 0.2) is 28.0 Å². The highest BCUT2D eigenvalue weighted by Crippen LogP contribution is 2.24. The van der Waals surface area contributed by atoms with E-state index in [1.54, 1.807) is 6.26 Å². The third-order valence-electron chi connectivity index (χ3n) is 4.60. The van der Waals surface area contributed by atoms with Gasteiger partial charge in [0.2, 0.25) is 5.91 Å². The predicted molar refractivity (Wildman–Crippen MR) is 102 cm³/mol. The first-order valence-corrected chi connectivity index (χ1v) is 10.3. The quantitative estimate of drug-likeness (QED) is 0.713. The third-order valence-corrected chi connectivity index (χ3v) is 5.57. The molecule has 1 saturated heterocycles. The highest BCUT2D eigenvalue weighted by atomic mass is 32.2. The zero-order chi connectivity index (χ0) is 18.4. The van der Waals surface area contributed by atoms with E-state index in [1.807, 2.05) is 23.6 Å². The van der Waals surface area contributed by atoms with Gasteiger partial charge in [-0.15, -0.1) is 10.2 Å². The van der Waals surface area contributed by atoms with Gasteiger partial charge in [-0.3, -0.25) is 9.36 Å². The highest BCUT2D eigenvalue weighted by molar-refractivity contribution is 7.99. The minimum absolute atomic E-state index is 0.0640. The average molecular weight is 378 g/mol. The summed E-state index contributed by atoms with van der Waals surface area (Å²) in [4.78, 5) is 14.8. The molecule has 26 heavy (non-hydrogen) atoms. The Hall–Kier alpha value is -1.80. The summed E-state index contributed by atoms with van der Waals surface area (Å²) in [7, 11) is 0. The molecule has 0 aliphatic carbocycles. The zero-order valence-corrected chi connectivity index (χ0v) is 16.3. The van der Waals surface area contributed by atoms with Gasteiger partial charge in [-0.25, -0.2) is 0 Å². The lowest BCUT2D eigenvalue weighted by molar-refractivity contribution is -0.119. The molecular formula is C18H27N5O2S. The molecule has 2 aromatic heterocycles. The van der Waals surface area contributed by atoms with Gasteiger partial charge in [0.1, 0.15) is 0 Å². The van der Waals surface area contributed by atoms with Crippen molar-refractivity contribution in [2.24, 2.45) is 0 Å². The summed E-state index contributed by atoms with van der Waals surface area (Å²) >= 11 is 1.42. The van der Waals surface area contributed by atoms with Crippen molar-refractivity contribution in [3.05, 3.63) is 18.4 Å². The van der Waals surface area contributed by atoms with Crippen LogP contribution in [0.3, 0.4) is 0 Å². The average Bonchev–Trinajstić information content (AvgIpc) is 3.31. The summed E-state index contributed by atoms with van der Waals surface area (Å²) in [5.41, 5.74) is 0. The van der Waals surface area contributed by atoms with Gasteiger partial charge in [0.15, 0.2) is 16.7 Å². The lowest BCUT2D eigenvalue weighted by Crippen LogP contribution is -2.45. The molecular weight excluding hydrogens is 350 g/mol. The number of carbonyl (C=O) groups excluding carboxylic acids is 1. The molecule has 0 radical (unpaired) electrons. The van der Waals surface area contributed by atoms with Crippen molar-refractivity contribution in [1.29, 1.82) is 0 Å². The van der Waals surface area contributed by atoms with Crippen LogP contribution >= 0.6 is 11.8 Å². The lowest BCUT2D eigenvalue weighted by atomic mass is 10.1. The smallest absolute Gasteiger partial charge is 0.230 e. The van der Waals surface area contributed by atoms with Gasteiger partial charge in [0.05, 0.1) is 12.0 Å². The van der Waals surface area contributed by atoms with E-state index in [2.05, 4.69) is 27.3 Å². The van der Waals surface area contributed by atoms with Crippen LogP contribution in [0.5, 0.6) is 0 Å². The monoisotopic (exact) mass is 377 g/mol. The summed E-state index contributed by atoms with van der Waals surface area (Å²) in [5.74, 6) is 1.80. The van der Waals surface area contributed by atoms with Crippen LogP contribution in [0, 0.1) is 0 Å². The van der Waals surface area contributed by atoms with Gasteiger partial charge in [-0.1, -0.05) is 18.7 Å². The van der Waals surface area contributed by atoms with Crippen LogP contribution in [0.4, 0.5) is 0 Å². The fourth-order valence-electron chi connectivity index (χ4n) is 3.29. The van der Waals surface area contributed by atoms with E-state index in [-0.39, 0.29) is 5.91 Å². The summed E-state index contributed by atoms with van der Waals surface area (Å²) < 4.78 is 7.38. The van der Waals surface area contributed by atoms with Gasteiger partial charge in [-0.2, -0.15) is 0 Å². The maximum absolute atomic E-state index is 12.3. The fraction of sp³-hybridized carbons (Fsp3) is 0.611. The van der Waals surface area contributed by atoms with Crippen LogP contribution in [0.2, 0.25) is 0 Å². The van der Waals surface area contributed by atoms with Crippen molar-refractivity contribution in [1.82, 2.24) is 25.0 Å². The number of nitrogens with one attached hydrogen (secondary N) is 1. The molecule has 1 aliphatic rings. The number of piperidine rings is 1. The first kappa shape index (κ1) is 19.0. The van der Waals surface area contributed by atoms with E-state index in [0.29, 0.717) is 23.4 Å². The Bertz CT molecular complexity index is 693. The molecule has 8 heteroatoms. The van der Waals surface area contributed by atoms with E-state index in [1.165, 1.54) is 18.2 Å². The predicted octanol–water partition coefficient (Wildman–Crippen LogP) is 2.64. The Morgan fingerprint density at radius 3 is 2.81 bits per heavy atom. The minimum Gasteiger partial charge on any atom is -0.461 e. The van der Waals surface area contributed by atoms with E-state index in [4.69, 9.17) is 4.42 Å². The van der Waals surface area contributed by atoms with E-state index >= 15 is 0 Å². The molecule has 0 spiro atoms. The van der Waals surface area contributed by atoms with Gasteiger partial charge in [0.25, 0.3) is 0 Å². The number of hydrogen-bond donors (Lipinski definition) is 1. The second-order valence-corrected chi connectivity index (χ2v) is 7.44. The van der Waals surface area contributed by atoms with Gasteiger partial charge >= 0.3 is 0 Å². The maximum Gasteiger partial charge on any atom is 0.230 e. The molecule has 0 unspecified atom stereocenters. The zero-order valence-electron chi connectivity index (χ0n) is 15.5. The summed E-state index contributed by atoms with van der Waals surface area (Å²) in [6.07, 6.45) is 4.87. The molecule has 2 aromatic rings. The second-order valence-electron chi connectivity index (χ2n) is 6.50. The summed E-state index contributed by atoms with van der Waals surface area (Å²) in [6, 6.07) is 3.98. The first-order valence-electron chi connectivity index (χ1n) is 9.32. The molecule has 0 bridgehead atoms. The Balaban J connectivity index is 1.49. The number of thioether (sulfide) groups is 1. The molecule has 0 saturated carbocycles. The molecule has 142 valence electrons. The van der Waals surface area contributed by atoms with Gasteiger partial charge < -0.3 is 14.6 Å². The Labute approximate surface area is 158 Å². The number of nitrogens with zero attached hydrogens (tertiary/aromatic N) is 4. The second kappa shape index (κ2) is 9.23. The van der Waals surface area contributed by atoms with Crippen molar-refractivity contribution < 1.29 is 9.21 Å². The Kier molecular flexibility index (Phi) is 6.73. The number of amides is 1. The van der Waals surface area contributed by atoms with Crippen LogP contribution in [-0.2, 0) is 11.3 Å². The lowest BCUT2D eigenvalue weighted by Gasteiger charge is -2.32. The number of hydrogen-bond acceptors (Lipinski definition) is 6. The largest absolute Gasteiger partial charge is 0.461 e. The third kappa shape index (κ3) is 4.67. The molecule has 3 heterocycles. The van der Waals surface area contributed by atoms with Crippen LogP contribution in [0.1, 0.15) is 33.1 Å². The van der Waals surface area contributed by atoms with Crippen molar-refractivity contribution in [2.75, 3.05) is 25.4 Å². The normalized spacial score (nSPS) is 16.1. The molecule has 7 nitrogen and oxygen atoms in total. The minimum atomic E-state index is 0.0640. The molecule has 1 amide bonds. The first-order chi connectivity index (χ1) is 12.7. The Morgan fingerprint density at radius 1 is 1.35 bits per heavy atom. The molecule has 1 aliphatic heterocycles. The molecule has 0 aromatic carbocycles.